The molecule has 3 heterocycles. The molecule has 30 heavy (non-hydrogen) atoms. The second-order valence-electron chi connectivity index (χ2n) is 7.26. The van der Waals surface area contributed by atoms with Crippen molar-refractivity contribution >= 4 is 17.5 Å². The number of nitrogens with one attached hydrogen (secondary N) is 1. The second kappa shape index (κ2) is 8.91. The number of benzene rings is 1. The minimum absolute atomic E-state index is 0.152. The lowest BCUT2D eigenvalue weighted by Crippen LogP contribution is -2.44. The SMILES string of the molecule is O=C([C@@H](O)CO)N1CCC(c2[nH]nc(-c3ccc(Cl)cc3)c2-c2ccncn2)CC1. The van der Waals surface area contributed by atoms with Crippen LogP contribution in [0, 0.1) is 0 Å². The van der Waals surface area contributed by atoms with Gasteiger partial charge in [-0.1, -0.05) is 23.7 Å². The Bertz CT molecular complexity index is 1000. The Kier molecular flexibility index (Phi) is 6.08. The van der Waals surface area contributed by atoms with Crippen molar-refractivity contribution in [2.75, 3.05) is 19.7 Å². The maximum Gasteiger partial charge on any atom is 0.253 e. The van der Waals surface area contributed by atoms with Gasteiger partial charge in [0.25, 0.3) is 5.91 Å². The first kappa shape index (κ1) is 20.5. The van der Waals surface area contributed by atoms with E-state index in [1.807, 2.05) is 30.3 Å². The van der Waals surface area contributed by atoms with Gasteiger partial charge in [-0.25, -0.2) is 9.97 Å². The molecule has 0 aliphatic carbocycles. The summed E-state index contributed by atoms with van der Waals surface area (Å²) in [5.74, 6) is -0.280. The molecule has 3 N–H and O–H groups in total. The normalized spacial score (nSPS) is 15.9. The van der Waals surface area contributed by atoms with Gasteiger partial charge in [0, 0.05) is 47.0 Å². The molecule has 8 nitrogen and oxygen atoms in total. The van der Waals surface area contributed by atoms with Gasteiger partial charge in [0.15, 0.2) is 6.10 Å². The zero-order chi connectivity index (χ0) is 21.1. The largest absolute Gasteiger partial charge is 0.393 e. The molecule has 0 bridgehead atoms. The van der Waals surface area contributed by atoms with E-state index in [1.165, 1.54) is 6.33 Å². The summed E-state index contributed by atoms with van der Waals surface area (Å²) in [7, 11) is 0. The van der Waals surface area contributed by atoms with E-state index in [2.05, 4.69) is 20.2 Å². The minimum Gasteiger partial charge on any atom is -0.393 e. The van der Waals surface area contributed by atoms with E-state index >= 15 is 0 Å². The van der Waals surface area contributed by atoms with Crippen LogP contribution in [-0.4, -0.2) is 67.0 Å². The highest BCUT2D eigenvalue weighted by molar-refractivity contribution is 6.30. The van der Waals surface area contributed by atoms with Crippen molar-refractivity contribution in [1.82, 2.24) is 25.1 Å². The number of nitrogens with zero attached hydrogens (tertiary/aromatic N) is 4. The second-order valence-corrected chi connectivity index (χ2v) is 7.70. The van der Waals surface area contributed by atoms with Gasteiger partial charge in [0.2, 0.25) is 0 Å². The zero-order valence-corrected chi connectivity index (χ0v) is 17.0. The Morgan fingerprint density at radius 2 is 1.97 bits per heavy atom. The number of aromatic amines is 1. The molecular weight excluding hydrogens is 406 g/mol. The van der Waals surface area contributed by atoms with E-state index in [9.17, 15) is 9.90 Å². The molecular formula is C21H22ClN5O3. The summed E-state index contributed by atoms with van der Waals surface area (Å²) in [6.07, 6.45) is 3.27. The highest BCUT2D eigenvalue weighted by atomic mass is 35.5. The standard InChI is InChI=1S/C21H22ClN5O3/c22-15-3-1-13(2-4-15)19-18(16-5-8-23-12-24-16)20(26-25-19)14-6-9-27(10-7-14)21(30)17(29)11-28/h1-5,8,12,14,17,28-29H,6-7,9-11H2,(H,25,26)/t17-/m0/s1. The summed E-state index contributed by atoms with van der Waals surface area (Å²) in [6, 6.07) is 9.34. The van der Waals surface area contributed by atoms with E-state index in [4.69, 9.17) is 16.7 Å². The molecule has 1 fully saturated rings. The lowest BCUT2D eigenvalue weighted by Gasteiger charge is -2.33. The Morgan fingerprint density at radius 1 is 1.23 bits per heavy atom. The smallest absolute Gasteiger partial charge is 0.253 e. The molecule has 156 valence electrons. The average molecular weight is 428 g/mol. The molecule has 1 atom stereocenters. The molecule has 3 aromatic rings. The summed E-state index contributed by atoms with van der Waals surface area (Å²) in [4.78, 5) is 22.2. The van der Waals surface area contributed by atoms with Crippen molar-refractivity contribution in [1.29, 1.82) is 0 Å². The Morgan fingerprint density at radius 3 is 2.60 bits per heavy atom. The quantitative estimate of drug-likeness (QED) is 0.575. The van der Waals surface area contributed by atoms with Gasteiger partial charge in [0.1, 0.15) is 12.0 Å². The minimum atomic E-state index is -1.36. The molecule has 9 heteroatoms. The number of likely N-dealkylation sites (tertiary alicyclic amines) is 1. The number of aliphatic hydroxyl groups excluding tert-OH is 2. The number of hydrogen-bond acceptors (Lipinski definition) is 6. The molecule has 1 aromatic carbocycles. The summed E-state index contributed by atoms with van der Waals surface area (Å²) < 4.78 is 0. The third-order valence-electron chi connectivity index (χ3n) is 5.42. The Labute approximate surface area is 178 Å². The first-order valence-electron chi connectivity index (χ1n) is 9.76. The van der Waals surface area contributed by atoms with Crippen molar-refractivity contribution in [3.05, 3.63) is 53.6 Å². The average Bonchev–Trinajstić information content (AvgIpc) is 3.24. The van der Waals surface area contributed by atoms with Gasteiger partial charge in [-0.05, 0) is 31.0 Å². The van der Waals surface area contributed by atoms with Crippen molar-refractivity contribution in [3.8, 4) is 22.5 Å². The molecule has 0 unspecified atom stereocenters. The van der Waals surface area contributed by atoms with E-state index in [1.54, 1.807) is 11.1 Å². The van der Waals surface area contributed by atoms with Crippen LogP contribution >= 0.6 is 11.6 Å². The first-order chi connectivity index (χ1) is 14.6. The molecule has 1 aliphatic heterocycles. The summed E-state index contributed by atoms with van der Waals surface area (Å²) >= 11 is 6.04. The van der Waals surface area contributed by atoms with Crippen LogP contribution < -0.4 is 0 Å². The molecule has 4 rings (SSSR count). The summed E-state index contributed by atoms with van der Waals surface area (Å²) in [5.41, 5.74) is 4.37. The number of carbonyl (C=O) groups excluding carboxylic acids is 1. The third kappa shape index (κ3) is 4.07. The zero-order valence-electron chi connectivity index (χ0n) is 16.2. The van der Waals surface area contributed by atoms with Crippen LogP contribution in [0.3, 0.4) is 0 Å². The van der Waals surface area contributed by atoms with Crippen molar-refractivity contribution in [3.63, 3.8) is 0 Å². The van der Waals surface area contributed by atoms with Crippen LogP contribution in [0.2, 0.25) is 5.02 Å². The van der Waals surface area contributed by atoms with Gasteiger partial charge < -0.3 is 15.1 Å². The lowest BCUT2D eigenvalue weighted by atomic mass is 9.88. The van der Waals surface area contributed by atoms with E-state index in [0.717, 1.165) is 28.2 Å². The fourth-order valence-electron chi connectivity index (χ4n) is 3.84. The number of halogens is 1. The van der Waals surface area contributed by atoms with Gasteiger partial charge in [0.05, 0.1) is 12.3 Å². The molecule has 0 spiro atoms. The van der Waals surface area contributed by atoms with Gasteiger partial charge >= 0.3 is 0 Å². The lowest BCUT2D eigenvalue weighted by molar-refractivity contribution is -0.143. The molecule has 1 amide bonds. The van der Waals surface area contributed by atoms with Gasteiger partial charge in [-0.3, -0.25) is 9.89 Å². The third-order valence-corrected chi connectivity index (χ3v) is 5.67. The number of carbonyl (C=O) groups is 1. The predicted octanol–water partition coefficient (Wildman–Crippen LogP) is 2.25. The summed E-state index contributed by atoms with van der Waals surface area (Å²) in [6.45, 7) is 0.430. The predicted molar refractivity (Wildman–Crippen MR) is 112 cm³/mol. The maximum absolute atomic E-state index is 12.1. The van der Waals surface area contributed by atoms with E-state index in [0.29, 0.717) is 31.0 Å². The number of H-pyrrole nitrogens is 1. The van der Waals surface area contributed by atoms with Crippen LogP contribution in [0.15, 0.2) is 42.9 Å². The topological polar surface area (TPSA) is 115 Å². The fraction of sp³-hybridized carbons (Fsp3) is 0.333. The number of rotatable bonds is 5. The van der Waals surface area contributed by atoms with E-state index < -0.39 is 18.6 Å². The van der Waals surface area contributed by atoms with Crippen molar-refractivity contribution < 1.29 is 15.0 Å². The van der Waals surface area contributed by atoms with Crippen LogP contribution in [0.1, 0.15) is 24.5 Å². The molecule has 1 saturated heterocycles. The van der Waals surface area contributed by atoms with Crippen LogP contribution in [0.5, 0.6) is 0 Å². The van der Waals surface area contributed by atoms with Gasteiger partial charge in [-0.2, -0.15) is 5.10 Å². The monoisotopic (exact) mass is 427 g/mol. The number of hydrogen-bond donors (Lipinski definition) is 3. The Hall–Kier alpha value is -2.81. The molecule has 2 aromatic heterocycles. The van der Waals surface area contributed by atoms with E-state index in [-0.39, 0.29) is 5.92 Å². The molecule has 0 radical (unpaired) electrons. The Balaban J connectivity index is 1.65. The number of aliphatic hydroxyl groups is 2. The van der Waals surface area contributed by atoms with Crippen molar-refractivity contribution in [2.45, 2.75) is 24.9 Å². The number of piperidine rings is 1. The van der Waals surface area contributed by atoms with Crippen LogP contribution in [-0.2, 0) is 4.79 Å². The first-order valence-corrected chi connectivity index (χ1v) is 10.1. The van der Waals surface area contributed by atoms with Gasteiger partial charge in [-0.15, -0.1) is 0 Å². The van der Waals surface area contributed by atoms with Crippen molar-refractivity contribution in [2.24, 2.45) is 0 Å². The number of amides is 1. The van der Waals surface area contributed by atoms with Crippen LogP contribution in [0.4, 0.5) is 0 Å². The molecule has 0 saturated carbocycles. The molecule has 1 aliphatic rings. The summed E-state index contributed by atoms with van der Waals surface area (Å²) in [5, 5.41) is 27.1. The highest BCUT2D eigenvalue weighted by Gasteiger charge is 2.31. The highest BCUT2D eigenvalue weighted by Crippen LogP contribution is 2.39. The fourth-order valence-corrected chi connectivity index (χ4v) is 3.97. The van der Waals surface area contributed by atoms with Crippen LogP contribution in [0.25, 0.3) is 22.5 Å². The number of aromatic nitrogens is 4. The maximum atomic E-state index is 12.1.